The number of hydrogen-bond donors (Lipinski definition) is 1. The molecule has 0 saturated carbocycles. The highest BCUT2D eigenvalue weighted by atomic mass is 32.2. The number of oxazole rings is 1. The van der Waals surface area contributed by atoms with E-state index in [1.54, 1.807) is 47.5 Å². The van der Waals surface area contributed by atoms with Crippen LogP contribution >= 0.6 is 11.8 Å². The quantitative estimate of drug-likeness (QED) is 0.613. The number of aromatic nitrogens is 1. The van der Waals surface area contributed by atoms with Gasteiger partial charge in [0.1, 0.15) is 11.9 Å². The summed E-state index contributed by atoms with van der Waals surface area (Å²) >= 11 is 1.52. The van der Waals surface area contributed by atoms with E-state index in [0.717, 1.165) is 0 Å². The summed E-state index contributed by atoms with van der Waals surface area (Å²) in [4.78, 5) is 31.2. The van der Waals surface area contributed by atoms with Crippen LogP contribution in [0.3, 0.4) is 0 Å². The zero-order valence-electron chi connectivity index (χ0n) is 17.0. The molecular formula is C23H19FN4O3S. The predicted molar refractivity (Wildman–Crippen MR) is 118 cm³/mol. The van der Waals surface area contributed by atoms with Crippen molar-refractivity contribution in [3.8, 4) is 17.4 Å². The Balaban J connectivity index is 1.34. The Hall–Kier alpha value is -3.64. The molecule has 1 atom stereocenters. The largest absolute Gasteiger partial charge is 0.441 e. The topological polar surface area (TPSA) is 99.2 Å². The average Bonchev–Trinajstić information content (AvgIpc) is 3.49. The van der Waals surface area contributed by atoms with Crippen molar-refractivity contribution in [2.45, 2.75) is 18.9 Å². The summed E-state index contributed by atoms with van der Waals surface area (Å²) in [5.41, 5.74) is 1.78. The second-order valence-electron chi connectivity index (χ2n) is 7.18. The highest BCUT2D eigenvalue weighted by Crippen LogP contribution is 2.25. The molecule has 32 heavy (non-hydrogen) atoms. The summed E-state index contributed by atoms with van der Waals surface area (Å²) in [6, 6.07) is 13.9. The molecule has 1 N–H and O–H groups in total. The van der Waals surface area contributed by atoms with Crippen LogP contribution in [-0.2, 0) is 16.0 Å². The highest BCUT2D eigenvalue weighted by Gasteiger charge is 2.34. The van der Waals surface area contributed by atoms with Gasteiger partial charge in [0, 0.05) is 29.8 Å². The van der Waals surface area contributed by atoms with Gasteiger partial charge in [-0.15, -0.1) is 11.8 Å². The third-order valence-corrected chi connectivity index (χ3v) is 6.03. The number of halogens is 1. The highest BCUT2D eigenvalue weighted by molar-refractivity contribution is 7.99. The van der Waals surface area contributed by atoms with Crippen LogP contribution in [0.4, 0.5) is 10.1 Å². The van der Waals surface area contributed by atoms with Gasteiger partial charge in [-0.25, -0.2) is 9.37 Å². The molecule has 1 aliphatic rings. The summed E-state index contributed by atoms with van der Waals surface area (Å²) < 4.78 is 18.8. The normalized spacial score (nSPS) is 15.4. The van der Waals surface area contributed by atoms with Gasteiger partial charge in [-0.2, -0.15) is 5.26 Å². The molecule has 3 aromatic rings. The summed E-state index contributed by atoms with van der Waals surface area (Å²) in [6.45, 7) is 0. The molecule has 0 aliphatic carbocycles. The lowest BCUT2D eigenvalue weighted by molar-refractivity contribution is -0.136. The first kappa shape index (κ1) is 21.6. The summed E-state index contributed by atoms with van der Waals surface area (Å²) in [6.07, 6.45) is 2.00. The van der Waals surface area contributed by atoms with Crippen LogP contribution in [0.1, 0.15) is 17.9 Å². The number of carbonyl (C=O) groups is 2. The first-order chi connectivity index (χ1) is 15.5. The molecule has 0 radical (unpaired) electrons. The molecule has 1 aromatic heterocycles. The van der Waals surface area contributed by atoms with Crippen molar-refractivity contribution in [1.29, 1.82) is 5.26 Å². The molecule has 2 heterocycles. The maximum absolute atomic E-state index is 13.1. The molecule has 162 valence electrons. The first-order valence-electron chi connectivity index (χ1n) is 9.92. The van der Waals surface area contributed by atoms with Crippen molar-refractivity contribution in [3.63, 3.8) is 0 Å². The van der Waals surface area contributed by atoms with Crippen LogP contribution in [0.5, 0.6) is 0 Å². The molecule has 0 bridgehead atoms. The van der Waals surface area contributed by atoms with Crippen molar-refractivity contribution in [3.05, 3.63) is 72.0 Å². The fourth-order valence-corrected chi connectivity index (χ4v) is 4.47. The number of rotatable bonds is 6. The molecule has 1 fully saturated rings. The maximum Gasteiger partial charge on any atom is 0.248 e. The average molecular weight is 450 g/mol. The van der Waals surface area contributed by atoms with E-state index in [9.17, 15) is 14.0 Å². The number of nitrogens with one attached hydrogen (secondary N) is 1. The lowest BCUT2D eigenvalue weighted by atomic mass is 10.2. The number of nitrogens with zero attached hydrogens (tertiary/aromatic N) is 3. The molecule has 1 saturated heterocycles. The minimum absolute atomic E-state index is 0.156. The molecule has 9 heteroatoms. The number of aryl methyl sites for hydroxylation is 1. The molecule has 1 aliphatic heterocycles. The van der Waals surface area contributed by atoms with Gasteiger partial charge in [0.25, 0.3) is 0 Å². The van der Waals surface area contributed by atoms with Crippen molar-refractivity contribution < 1.29 is 18.4 Å². The first-order valence-corrected chi connectivity index (χ1v) is 11.1. The third-order valence-electron chi connectivity index (χ3n) is 5.02. The number of benzene rings is 2. The number of nitriles is 1. The summed E-state index contributed by atoms with van der Waals surface area (Å²) in [5.74, 6) is 1.12. The zero-order chi connectivity index (χ0) is 22.5. The SMILES string of the molecule is N#Cc1ccc(NC(=O)C2CSCN2C(=O)CCc2ncc(-c3ccc(F)cc3)o2)cc1. The molecule has 2 amide bonds. The van der Waals surface area contributed by atoms with Crippen LogP contribution in [0.2, 0.25) is 0 Å². The molecule has 7 nitrogen and oxygen atoms in total. The number of thioether (sulfide) groups is 1. The number of carbonyl (C=O) groups excluding carboxylic acids is 2. The van der Waals surface area contributed by atoms with Gasteiger partial charge in [-0.3, -0.25) is 9.59 Å². The van der Waals surface area contributed by atoms with Gasteiger partial charge in [0.2, 0.25) is 11.8 Å². The Morgan fingerprint density at radius 1 is 1.22 bits per heavy atom. The van der Waals surface area contributed by atoms with E-state index in [1.807, 2.05) is 6.07 Å². The van der Waals surface area contributed by atoms with E-state index >= 15 is 0 Å². The van der Waals surface area contributed by atoms with Crippen molar-refractivity contribution in [2.24, 2.45) is 0 Å². The Bertz CT molecular complexity index is 1160. The Labute approximate surface area is 188 Å². The summed E-state index contributed by atoms with van der Waals surface area (Å²) in [5, 5.41) is 11.7. The fraction of sp³-hybridized carbons (Fsp3) is 0.217. The number of anilines is 1. The Kier molecular flexibility index (Phi) is 6.52. The Morgan fingerprint density at radius 2 is 1.97 bits per heavy atom. The van der Waals surface area contributed by atoms with Gasteiger partial charge in [-0.1, -0.05) is 0 Å². The van der Waals surface area contributed by atoms with Gasteiger partial charge >= 0.3 is 0 Å². The van der Waals surface area contributed by atoms with E-state index in [4.69, 9.17) is 9.68 Å². The maximum atomic E-state index is 13.1. The van der Waals surface area contributed by atoms with E-state index in [1.165, 1.54) is 23.9 Å². The zero-order valence-corrected chi connectivity index (χ0v) is 17.8. The van der Waals surface area contributed by atoms with Gasteiger partial charge < -0.3 is 14.6 Å². The van der Waals surface area contributed by atoms with E-state index in [0.29, 0.717) is 46.5 Å². The van der Waals surface area contributed by atoms with Crippen molar-refractivity contribution in [2.75, 3.05) is 16.9 Å². The van der Waals surface area contributed by atoms with Gasteiger partial charge in [-0.05, 0) is 48.5 Å². The monoisotopic (exact) mass is 450 g/mol. The predicted octanol–water partition coefficient (Wildman–Crippen LogP) is 3.83. The second-order valence-corrected chi connectivity index (χ2v) is 8.18. The number of amides is 2. The minimum atomic E-state index is -0.567. The van der Waals surface area contributed by atoms with E-state index in [2.05, 4.69) is 10.3 Å². The van der Waals surface area contributed by atoms with Crippen LogP contribution in [0.25, 0.3) is 11.3 Å². The molecule has 2 aromatic carbocycles. The fourth-order valence-electron chi connectivity index (χ4n) is 3.29. The van der Waals surface area contributed by atoms with Crippen LogP contribution in [0, 0.1) is 17.1 Å². The van der Waals surface area contributed by atoms with Crippen LogP contribution in [-0.4, -0.2) is 39.4 Å². The molecule has 4 rings (SSSR count). The standard InChI is InChI=1S/C23H19FN4O3S/c24-17-5-3-16(4-6-17)20-12-26-21(31-20)9-10-22(29)28-14-32-13-19(28)23(30)27-18-7-1-15(11-25)2-8-18/h1-8,12,19H,9-10,13-14H2,(H,27,30). The van der Waals surface area contributed by atoms with E-state index in [-0.39, 0.29) is 24.1 Å². The van der Waals surface area contributed by atoms with Gasteiger partial charge in [0.05, 0.1) is 23.7 Å². The lowest BCUT2D eigenvalue weighted by Crippen LogP contribution is -2.44. The Morgan fingerprint density at radius 3 is 2.69 bits per heavy atom. The smallest absolute Gasteiger partial charge is 0.248 e. The third kappa shape index (κ3) is 4.98. The van der Waals surface area contributed by atoms with Gasteiger partial charge in [0.15, 0.2) is 11.7 Å². The second kappa shape index (κ2) is 9.66. The van der Waals surface area contributed by atoms with Crippen molar-refractivity contribution >= 4 is 29.3 Å². The van der Waals surface area contributed by atoms with Crippen LogP contribution in [0.15, 0.2) is 59.1 Å². The molecule has 1 unspecified atom stereocenters. The molecule has 0 spiro atoms. The molecular weight excluding hydrogens is 431 g/mol. The summed E-state index contributed by atoms with van der Waals surface area (Å²) in [7, 11) is 0. The van der Waals surface area contributed by atoms with Crippen molar-refractivity contribution in [1.82, 2.24) is 9.88 Å². The number of hydrogen-bond acceptors (Lipinski definition) is 6. The van der Waals surface area contributed by atoms with Crippen LogP contribution < -0.4 is 5.32 Å². The lowest BCUT2D eigenvalue weighted by Gasteiger charge is -2.23. The minimum Gasteiger partial charge on any atom is -0.441 e. The van der Waals surface area contributed by atoms with E-state index < -0.39 is 6.04 Å².